The number of hydrogen-bond acceptors (Lipinski definition) is 7. The van der Waals surface area contributed by atoms with Crippen LogP contribution in [0.15, 0.2) is 33.4 Å². The van der Waals surface area contributed by atoms with E-state index in [2.05, 4.69) is 15.4 Å². The average Bonchev–Trinajstić information content (AvgIpc) is 3.20. The number of aromatic nitrogens is 4. The standard InChI is InChI=1S/C13H12N4O3S/c1-2-19-13(18)11-4-3-10(20-11)7-17-15-12(14-16-17)9-5-6-21-8-9/h3-6,8H,2,7H2,1H3. The van der Waals surface area contributed by atoms with Crippen molar-refractivity contribution in [1.82, 2.24) is 20.2 Å². The highest BCUT2D eigenvalue weighted by molar-refractivity contribution is 7.08. The van der Waals surface area contributed by atoms with Crippen molar-refractivity contribution < 1.29 is 13.9 Å². The molecule has 8 heteroatoms. The Balaban J connectivity index is 1.71. The Hall–Kier alpha value is -2.48. The van der Waals surface area contributed by atoms with Gasteiger partial charge < -0.3 is 9.15 Å². The molecule has 0 bridgehead atoms. The molecule has 0 saturated heterocycles. The van der Waals surface area contributed by atoms with Gasteiger partial charge in [0.1, 0.15) is 12.3 Å². The molecule has 7 nitrogen and oxygen atoms in total. The van der Waals surface area contributed by atoms with Gasteiger partial charge in [-0.3, -0.25) is 0 Å². The zero-order valence-electron chi connectivity index (χ0n) is 11.2. The minimum Gasteiger partial charge on any atom is -0.460 e. The van der Waals surface area contributed by atoms with Gasteiger partial charge in [0, 0.05) is 10.9 Å². The number of carbonyl (C=O) groups is 1. The van der Waals surface area contributed by atoms with Gasteiger partial charge >= 0.3 is 5.97 Å². The Morgan fingerprint density at radius 3 is 3.10 bits per heavy atom. The van der Waals surface area contributed by atoms with Crippen LogP contribution in [0.25, 0.3) is 11.4 Å². The summed E-state index contributed by atoms with van der Waals surface area (Å²) in [6.45, 7) is 2.35. The molecule has 21 heavy (non-hydrogen) atoms. The van der Waals surface area contributed by atoms with E-state index in [9.17, 15) is 4.79 Å². The lowest BCUT2D eigenvalue weighted by Gasteiger charge is -1.97. The molecule has 0 aliphatic heterocycles. The number of hydrogen-bond donors (Lipinski definition) is 0. The molecule has 3 aromatic rings. The van der Waals surface area contributed by atoms with E-state index < -0.39 is 5.97 Å². The van der Waals surface area contributed by atoms with Gasteiger partial charge in [-0.05, 0) is 35.7 Å². The van der Waals surface area contributed by atoms with Gasteiger partial charge in [0.15, 0.2) is 0 Å². The van der Waals surface area contributed by atoms with Crippen molar-refractivity contribution in [2.24, 2.45) is 0 Å². The van der Waals surface area contributed by atoms with Crippen LogP contribution in [-0.2, 0) is 11.3 Å². The van der Waals surface area contributed by atoms with Crippen molar-refractivity contribution in [2.75, 3.05) is 6.61 Å². The highest BCUT2D eigenvalue weighted by Gasteiger charge is 2.13. The summed E-state index contributed by atoms with van der Waals surface area (Å²) in [4.78, 5) is 12.9. The number of nitrogens with zero attached hydrogens (tertiary/aromatic N) is 4. The predicted octanol–water partition coefficient (Wildman–Crippen LogP) is 2.22. The summed E-state index contributed by atoms with van der Waals surface area (Å²) in [6, 6.07) is 5.20. The molecule has 0 aliphatic carbocycles. The number of esters is 1. The van der Waals surface area contributed by atoms with Gasteiger partial charge in [-0.25, -0.2) is 4.79 Å². The summed E-state index contributed by atoms with van der Waals surface area (Å²) in [6.07, 6.45) is 0. The second kappa shape index (κ2) is 5.88. The smallest absolute Gasteiger partial charge is 0.374 e. The molecule has 3 aromatic heterocycles. The molecule has 0 unspecified atom stereocenters. The number of furan rings is 1. The zero-order valence-corrected chi connectivity index (χ0v) is 12.0. The minimum atomic E-state index is -0.478. The topological polar surface area (TPSA) is 83.0 Å². The lowest BCUT2D eigenvalue weighted by atomic mass is 10.3. The van der Waals surface area contributed by atoms with Crippen molar-refractivity contribution in [3.05, 3.63) is 40.5 Å². The van der Waals surface area contributed by atoms with Crippen LogP contribution in [0.1, 0.15) is 23.2 Å². The van der Waals surface area contributed by atoms with Crippen molar-refractivity contribution >= 4 is 17.3 Å². The number of ether oxygens (including phenoxy) is 1. The van der Waals surface area contributed by atoms with Gasteiger partial charge in [0.05, 0.1) is 6.61 Å². The molecule has 0 amide bonds. The van der Waals surface area contributed by atoms with Gasteiger partial charge in [-0.1, -0.05) is 0 Å². The summed E-state index contributed by atoms with van der Waals surface area (Å²) in [5.41, 5.74) is 0.929. The van der Waals surface area contributed by atoms with Crippen LogP contribution in [0.2, 0.25) is 0 Å². The number of tetrazole rings is 1. The van der Waals surface area contributed by atoms with Crippen molar-refractivity contribution in [3.63, 3.8) is 0 Å². The normalized spacial score (nSPS) is 10.7. The van der Waals surface area contributed by atoms with Crippen LogP contribution >= 0.6 is 11.3 Å². The molecule has 0 saturated carbocycles. The van der Waals surface area contributed by atoms with Crippen molar-refractivity contribution in [1.29, 1.82) is 0 Å². The Bertz CT molecular complexity index is 732. The molecule has 0 fully saturated rings. The number of rotatable bonds is 5. The fourth-order valence-electron chi connectivity index (χ4n) is 1.73. The second-order valence-electron chi connectivity index (χ2n) is 4.14. The first-order chi connectivity index (χ1) is 10.3. The maximum atomic E-state index is 11.5. The second-order valence-corrected chi connectivity index (χ2v) is 4.92. The highest BCUT2D eigenvalue weighted by atomic mass is 32.1. The van der Waals surface area contributed by atoms with E-state index in [4.69, 9.17) is 9.15 Å². The van der Waals surface area contributed by atoms with E-state index >= 15 is 0 Å². The van der Waals surface area contributed by atoms with Gasteiger partial charge in [-0.15, -0.1) is 10.2 Å². The first kappa shape index (κ1) is 13.5. The van der Waals surface area contributed by atoms with E-state index in [0.29, 0.717) is 24.7 Å². The van der Waals surface area contributed by atoms with E-state index in [1.54, 1.807) is 30.4 Å². The summed E-state index contributed by atoms with van der Waals surface area (Å²) in [7, 11) is 0. The van der Waals surface area contributed by atoms with Crippen LogP contribution < -0.4 is 0 Å². The summed E-state index contributed by atoms with van der Waals surface area (Å²) < 4.78 is 10.3. The molecule has 0 radical (unpaired) electrons. The van der Waals surface area contributed by atoms with E-state index in [1.165, 1.54) is 4.80 Å². The minimum absolute atomic E-state index is 0.171. The summed E-state index contributed by atoms with van der Waals surface area (Å²) in [5.74, 6) is 0.819. The lowest BCUT2D eigenvalue weighted by molar-refractivity contribution is 0.0487. The summed E-state index contributed by atoms with van der Waals surface area (Å²) >= 11 is 1.57. The van der Waals surface area contributed by atoms with Gasteiger partial charge in [0.2, 0.25) is 11.6 Å². The molecule has 0 aromatic carbocycles. The van der Waals surface area contributed by atoms with Crippen LogP contribution in [0, 0.1) is 0 Å². The van der Waals surface area contributed by atoms with Crippen LogP contribution in [0.4, 0.5) is 0 Å². The molecule has 0 aliphatic rings. The Labute approximate surface area is 124 Å². The van der Waals surface area contributed by atoms with Gasteiger partial charge in [0.25, 0.3) is 0 Å². The van der Waals surface area contributed by atoms with Crippen molar-refractivity contribution in [3.8, 4) is 11.4 Å². The third kappa shape index (κ3) is 3.00. The monoisotopic (exact) mass is 304 g/mol. The molecule has 0 spiro atoms. The average molecular weight is 304 g/mol. The molecule has 108 valence electrons. The fourth-order valence-corrected chi connectivity index (χ4v) is 2.37. The SMILES string of the molecule is CCOC(=O)c1ccc(Cn2nnc(-c3ccsc3)n2)o1. The maximum absolute atomic E-state index is 11.5. The van der Waals surface area contributed by atoms with E-state index in [-0.39, 0.29) is 5.76 Å². The Kier molecular flexibility index (Phi) is 3.78. The van der Waals surface area contributed by atoms with Crippen LogP contribution in [0.3, 0.4) is 0 Å². The zero-order chi connectivity index (χ0) is 14.7. The third-order valence-corrected chi connectivity index (χ3v) is 3.35. The molecular weight excluding hydrogens is 292 g/mol. The molecule has 0 atom stereocenters. The highest BCUT2D eigenvalue weighted by Crippen LogP contribution is 2.17. The largest absolute Gasteiger partial charge is 0.460 e. The molecular formula is C13H12N4O3S. The number of thiophene rings is 1. The van der Waals surface area contributed by atoms with E-state index in [0.717, 1.165) is 5.56 Å². The predicted molar refractivity (Wildman–Crippen MR) is 74.9 cm³/mol. The summed E-state index contributed by atoms with van der Waals surface area (Å²) in [5, 5.41) is 16.1. The quantitative estimate of drug-likeness (QED) is 0.672. The van der Waals surface area contributed by atoms with Gasteiger partial charge in [-0.2, -0.15) is 16.1 Å². The fraction of sp³-hybridized carbons (Fsp3) is 0.231. The molecule has 0 N–H and O–H groups in total. The maximum Gasteiger partial charge on any atom is 0.374 e. The Morgan fingerprint density at radius 2 is 2.33 bits per heavy atom. The molecule has 3 rings (SSSR count). The van der Waals surface area contributed by atoms with Crippen LogP contribution in [0.5, 0.6) is 0 Å². The first-order valence-electron chi connectivity index (χ1n) is 6.32. The molecule has 3 heterocycles. The first-order valence-corrected chi connectivity index (χ1v) is 7.26. The van der Waals surface area contributed by atoms with Crippen molar-refractivity contribution in [2.45, 2.75) is 13.5 Å². The van der Waals surface area contributed by atoms with Crippen LogP contribution in [-0.4, -0.2) is 32.8 Å². The Morgan fingerprint density at radius 1 is 1.43 bits per heavy atom. The number of carbonyl (C=O) groups excluding carboxylic acids is 1. The lowest BCUT2D eigenvalue weighted by Crippen LogP contribution is -2.04. The van der Waals surface area contributed by atoms with E-state index in [1.807, 2.05) is 16.8 Å². The third-order valence-electron chi connectivity index (χ3n) is 2.67.